The zero-order valence-electron chi connectivity index (χ0n) is 11.7. The van der Waals surface area contributed by atoms with Crippen LogP contribution in [0, 0.1) is 24.2 Å². The highest BCUT2D eigenvalue weighted by Gasteiger charge is 2.43. The van der Waals surface area contributed by atoms with Crippen molar-refractivity contribution in [2.45, 2.75) is 37.1 Å². The van der Waals surface area contributed by atoms with E-state index >= 15 is 0 Å². The molecular weight excluding hydrogens is 274 g/mol. The monoisotopic (exact) mass is 293 g/mol. The topological polar surface area (TPSA) is 96.0 Å². The van der Waals surface area contributed by atoms with Gasteiger partial charge in [0.15, 0.2) is 0 Å². The summed E-state index contributed by atoms with van der Waals surface area (Å²) < 4.78 is 27.8. The van der Waals surface area contributed by atoms with Gasteiger partial charge in [0.25, 0.3) is 0 Å². The third kappa shape index (κ3) is 2.85. The van der Waals surface area contributed by atoms with E-state index in [1.165, 1.54) is 12.1 Å². The van der Waals surface area contributed by atoms with E-state index in [9.17, 15) is 8.42 Å². The first kappa shape index (κ1) is 15.0. The number of hydrogen-bond acceptors (Lipinski definition) is 4. The molecule has 20 heavy (non-hydrogen) atoms. The van der Waals surface area contributed by atoms with E-state index in [4.69, 9.17) is 11.0 Å². The Hall–Kier alpha value is -1.42. The van der Waals surface area contributed by atoms with Gasteiger partial charge in [0.2, 0.25) is 10.0 Å². The highest BCUT2D eigenvalue weighted by Crippen LogP contribution is 2.39. The number of sulfonamides is 1. The molecule has 0 heterocycles. The van der Waals surface area contributed by atoms with Crippen LogP contribution in [0.5, 0.6) is 0 Å². The van der Waals surface area contributed by atoms with Crippen molar-refractivity contribution in [3.05, 3.63) is 29.3 Å². The summed E-state index contributed by atoms with van der Waals surface area (Å²) in [7, 11) is -3.63. The Kier molecular flexibility index (Phi) is 3.87. The molecular formula is C14H19N3O2S. The number of nitrogens with zero attached hydrogens (tertiary/aromatic N) is 1. The van der Waals surface area contributed by atoms with Crippen LogP contribution in [0.3, 0.4) is 0 Å². The van der Waals surface area contributed by atoms with E-state index in [1.807, 2.05) is 13.0 Å². The fourth-order valence-electron chi connectivity index (χ4n) is 2.39. The standard InChI is InChI=1S/C14H19N3O2S/c1-10-7-11(8-15)3-6-13(10)20(18,19)17-14(2,9-16)12-4-5-12/h3,6-7,12,17H,4-5,9,16H2,1-2H3. The zero-order valence-corrected chi connectivity index (χ0v) is 12.5. The Balaban J connectivity index is 2.33. The molecule has 1 aromatic rings. The first-order valence-electron chi connectivity index (χ1n) is 6.57. The van der Waals surface area contributed by atoms with Gasteiger partial charge in [-0.2, -0.15) is 5.26 Å². The van der Waals surface area contributed by atoms with Crippen LogP contribution in [0.1, 0.15) is 30.9 Å². The molecule has 1 fully saturated rings. The van der Waals surface area contributed by atoms with E-state index in [2.05, 4.69) is 4.72 Å². The minimum absolute atomic E-state index is 0.205. The number of nitrogens with two attached hydrogens (primary N) is 1. The lowest BCUT2D eigenvalue weighted by Gasteiger charge is -2.29. The van der Waals surface area contributed by atoms with Gasteiger partial charge in [-0.15, -0.1) is 0 Å². The van der Waals surface area contributed by atoms with Crippen LogP contribution < -0.4 is 10.5 Å². The molecule has 0 spiro atoms. The second kappa shape index (κ2) is 5.17. The maximum Gasteiger partial charge on any atom is 0.241 e. The molecule has 0 aromatic heterocycles. The molecule has 5 nitrogen and oxygen atoms in total. The van der Waals surface area contributed by atoms with Crippen LogP contribution in [0.15, 0.2) is 23.1 Å². The van der Waals surface area contributed by atoms with Crippen LogP contribution in [-0.4, -0.2) is 20.5 Å². The lowest BCUT2D eigenvalue weighted by molar-refractivity contribution is 0.374. The largest absolute Gasteiger partial charge is 0.329 e. The summed E-state index contributed by atoms with van der Waals surface area (Å²) in [5.74, 6) is 0.306. The Morgan fingerprint density at radius 2 is 2.15 bits per heavy atom. The Bertz CT molecular complexity index is 659. The van der Waals surface area contributed by atoms with Gasteiger partial charge >= 0.3 is 0 Å². The lowest BCUT2D eigenvalue weighted by atomic mass is 9.98. The van der Waals surface area contributed by atoms with Crippen molar-refractivity contribution in [2.75, 3.05) is 6.54 Å². The van der Waals surface area contributed by atoms with E-state index in [-0.39, 0.29) is 11.4 Å². The molecule has 0 amide bonds. The molecule has 1 unspecified atom stereocenters. The molecule has 3 N–H and O–H groups in total. The predicted molar refractivity (Wildman–Crippen MR) is 76.4 cm³/mol. The average molecular weight is 293 g/mol. The number of nitrogens with one attached hydrogen (secondary N) is 1. The number of nitriles is 1. The van der Waals surface area contributed by atoms with Gasteiger partial charge in [-0.1, -0.05) is 0 Å². The first-order chi connectivity index (χ1) is 9.32. The Labute approximate surface area is 119 Å². The van der Waals surface area contributed by atoms with Crippen molar-refractivity contribution >= 4 is 10.0 Å². The third-order valence-corrected chi connectivity index (χ3v) is 5.64. The summed E-state index contributed by atoms with van der Waals surface area (Å²) >= 11 is 0. The van der Waals surface area contributed by atoms with E-state index in [0.717, 1.165) is 12.8 Å². The highest BCUT2D eigenvalue weighted by atomic mass is 32.2. The number of benzene rings is 1. The molecule has 1 aromatic carbocycles. The highest BCUT2D eigenvalue weighted by molar-refractivity contribution is 7.89. The predicted octanol–water partition coefficient (Wildman–Crippen LogP) is 1.27. The minimum atomic E-state index is -3.63. The van der Waals surface area contributed by atoms with Gasteiger partial charge in [0.1, 0.15) is 0 Å². The van der Waals surface area contributed by atoms with Crippen LogP contribution in [-0.2, 0) is 10.0 Å². The number of aryl methyl sites for hydroxylation is 1. The summed E-state index contributed by atoms with van der Waals surface area (Å²) in [5.41, 5.74) is 6.16. The van der Waals surface area contributed by atoms with Crippen LogP contribution >= 0.6 is 0 Å². The summed E-state index contributed by atoms with van der Waals surface area (Å²) in [5, 5.41) is 8.83. The Morgan fingerprint density at radius 1 is 1.50 bits per heavy atom. The van der Waals surface area contributed by atoms with Gasteiger partial charge in [0.05, 0.1) is 16.5 Å². The maximum absolute atomic E-state index is 12.5. The molecule has 0 bridgehead atoms. The molecule has 1 aliphatic rings. The van der Waals surface area contributed by atoms with Gasteiger partial charge in [-0.25, -0.2) is 13.1 Å². The second-order valence-corrected chi connectivity index (χ2v) is 7.24. The molecule has 2 rings (SSSR count). The van der Waals surface area contributed by atoms with Crippen LogP contribution in [0.2, 0.25) is 0 Å². The van der Waals surface area contributed by atoms with Crippen LogP contribution in [0.4, 0.5) is 0 Å². The normalized spacial score (nSPS) is 18.3. The van der Waals surface area contributed by atoms with Crippen molar-refractivity contribution < 1.29 is 8.42 Å². The zero-order chi connectivity index (χ0) is 15.0. The maximum atomic E-state index is 12.5. The molecule has 0 saturated heterocycles. The van der Waals surface area contributed by atoms with Gasteiger partial charge in [-0.05, 0) is 56.4 Å². The summed E-state index contributed by atoms with van der Waals surface area (Å²) in [6.07, 6.45) is 2.01. The summed E-state index contributed by atoms with van der Waals surface area (Å²) in [6, 6.07) is 6.56. The van der Waals surface area contributed by atoms with E-state index < -0.39 is 15.6 Å². The molecule has 108 valence electrons. The quantitative estimate of drug-likeness (QED) is 0.854. The SMILES string of the molecule is Cc1cc(C#N)ccc1S(=O)(=O)NC(C)(CN)C1CC1. The molecule has 1 aliphatic carbocycles. The van der Waals surface area contributed by atoms with E-state index in [1.54, 1.807) is 13.0 Å². The molecule has 1 saturated carbocycles. The number of hydrogen-bond donors (Lipinski definition) is 2. The number of rotatable bonds is 5. The minimum Gasteiger partial charge on any atom is -0.329 e. The lowest BCUT2D eigenvalue weighted by Crippen LogP contribution is -2.53. The van der Waals surface area contributed by atoms with Gasteiger partial charge in [-0.3, -0.25) is 0 Å². The van der Waals surface area contributed by atoms with Crippen molar-refractivity contribution in [1.29, 1.82) is 5.26 Å². The molecule has 0 aliphatic heterocycles. The van der Waals surface area contributed by atoms with Crippen molar-refractivity contribution in [3.63, 3.8) is 0 Å². The second-order valence-electron chi connectivity index (χ2n) is 5.59. The molecule has 1 atom stereocenters. The van der Waals surface area contributed by atoms with Crippen molar-refractivity contribution in [2.24, 2.45) is 11.7 Å². The summed E-state index contributed by atoms with van der Waals surface area (Å²) in [4.78, 5) is 0.205. The Morgan fingerprint density at radius 3 is 2.60 bits per heavy atom. The van der Waals surface area contributed by atoms with Gasteiger partial charge in [0, 0.05) is 12.1 Å². The van der Waals surface area contributed by atoms with Crippen molar-refractivity contribution in [3.8, 4) is 6.07 Å². The third-order valence-electron chi connectivity index (χ3n) is 3.86. The fraction of sp³-hybridized carbons (Fsp3) is 0.500. The molecule has 6 heteroatoms. The van der Waals surface area contributed by atoms with Gasteiger partial charge < -0.3 is 5.73 Å². The van der Waals surface area contributed by atoms with Crippen molar-refractivity contribution in [1.82, 2.24) is 4.72 Å². The average Bonchev–Trinajstić information content (AvgIpc) is 3.22. The fourth-order valence-corrected chi connectivity index (χ4v) is 4.10. The molecule has 0 radical (unpaired) electrons. The van der Waals surface area contributed by atoms with Crippen LogP contribution in [0.25, 0.3) is 0 Å². The smallest absolute Gasteiger partial charge is 0.241 e. The first-order valence-corrected chi connectivity index (χ1v) is 8.05. The summed E-state index contributed by atoms with van der Waals surface area (Å²) in [6.45, 7) is 3.81. The van der Waals surface area contributed by atoms with E-state index in [0.29, 0.717) is 17.0 Å².